The van der Waals surface area contributed by atoms with Gasteiger partial charge in [0.2, 0.25) is 0 Å². The van der Waals surface area contributed by atoms with Gasteiger partial charge < -0.3 is 9.30 Å². The second-order valence-electron chi connectivity index (χ2n) is 5.55. The number of thiophene rings is 1. The van der Waals surface area contributed by atoms with Crippen LogP contribution in [-0.4, -0.2) is 33.7 Å². The zero-order chi connectivity index (χ0) is 14.0. The van der Waals surface area contributed by atoms with Crippen LogP contribution < -0.4 is 0 Å². The Hall–Kier alpha value is -0.850. The van der Waals surface area contributed by atoms with E-state index in [9.17, 15) is 0 Å². The molecule has 108 valence electrons. The molecule has 0 saturated carbocycles. The summed E-state index contributed by atoms with van der Waals surface area (Å²) in [7, 11) is 2.05. The van der Waals surface area contributed by atoms with Gasteiger partial charge in [0.1, 0.15) is 0 Å². The first kappa shape index (κ1) is 14.1. The molecule has 0 amide bonds. The van der Waals surface area contributed by atoms with Crippen molar-refractivity contribution < 1.29 is 4.74 Å². The largest absolute Gasteiger partial charge is 0.381 e. The molecule has 0 atom stereocenters. The van der Waals surface area contributed by atoms with Gasteiger partial charge in [0, 0.05) is 26.0 Å². The average Bonchev–Trinajstić information content (AvgIpc) is 3.07. The van der Waals surface area contributed by atoms with Crippen molar-refractivity contribution in [2.45, 2.75) is 24.9 Å². The number of nitrogens with zero attached hydrogens (tertiary/aromatic N) is 3. The average molecular weight is 309 g/mol. The number of ether oxygens (including phenoxy) is 1. The first-order valence-corrected chi connectivity index (χ1v) is 8.68. The molecule has 0 radical (unpaired) electrons. The summed E-state index contributed by atoms with van der Waals surface area (Å²) in [5.74, 6) is 2.03. The summed E-state index contributed by atoms with van der Waals surface area (Å²) in [6.07, 6.45) is 2.27. The number of rotatable bonds is 4. The SMILES string of the molecule is Cn1c(SCC2(C)CCOCC2)nnc1-c1cccs1. The smallest absolute Gasteiger partial charge is 0.191 e. The van der Waals surface area contributed by atoms with Crippen molar-refractivity contribution in [3.8, 4) is 10.7 Å². The Labute approximate surface area is 127 Å². The number of thioether (sulfide) groups is 1. The van der Waals surface area contributed by atoms with E-state index in [4.69, 9.17) is 4.74 Å². The quantitative estimate of drug-likeness (QED) is 0.811. The van der Waals surface area contributed by atoms with Gasteiger partial charge >= 0.3 is 0 Å². The Kier molecular flexibility index (Phi) is 4.14. The van der Waals surface area contributed by atoms with Crippen LogP contribution in [0.15, 0.2) is 22.7 Å². The summed E-state index contributed by atoms with van der Waals surface area (Å²) in [5.41, 5.74) is 0.359. The lowest BCUT2D eigenvalue weighted by Gasteiger charge is -2.32. The molecule has 1 fully saturated rings. The van der Waals surface area contributed by atoms with Gasteiger partial charge in [0.15, 0.2) is 11.0 Å². The second kappa shape index (κ2) is 5.87. The minimum atomic E-state index is 0.359. The fourth-order valence-corrected chi connectivity index (χ4v) is 4.20. The second-order valence-corrected chi connectivity index (χ2v) is 7.44. The molecule has 2 aromatic rings. The Bertz CT molecular complexity index is 559. The van der Waals surface area contributed by atoms with Crippen LogP contribution in [0.1, 0.15) is 19.8 Å². The van der Waals surface area contributed by atoms with E-state index < -0.39 is 0 Å². The highest BCUT2D eigenvalue weighted by molar-refractivity contribution is 7.99. The van der Waals surface area contributed by atoms with Gasteiger partial charge in [-0.3, -0.25) is 0 Å². The highest BCUT2D eigenvalue weighted by Crippen LogP contribution is 2.36. The Morgan fingerprint density at radius 2 is 2.20 bits per heavy atom. The van der Waals surface area contributed by atoms with E-state index in [2.05, 4.69) is 33.1 Å². The fourth-order valence-electron chi connectivity index (χ4n) is 2.31. The van der Waals surface area contributed by atoms with E-state index in [1.54, 1.807) is 11.3 Å². The third-order valence-corrected chi connectivity index (χ3v) is 6.15. The zero-order valence-electron chi connectivity index (χ0n) is 11.8. The summed E-state index contributed by atoms with van der Waals surface area (Å²) in [6.45, 7) is 4.12. The number of aromatic nitrogens is 3. The molecule has 0 spiro atoms. The first-order chi connectivity index (χ1) is 9.68. The third-order valence-electron chi connectivity index (χ3n) is 3.83. The van der Waals surface area contributed by atoms with Crippen LogP contribution in [0.3, 0.4) is 0 Å². The molecule has 3 heterocycles. The summed E-state index contributed by atoms with van der Waals surface area (Å²) in [4.78, 5) is 1.17. The first-order valence-electron chi connectivity index (χ1n) is 6.82. The lowest BCUT2D eigenvalue weighted by molar-refractivity contribution is 0.0348. The topological polar surface area (TPSA) is 39.9 Å². The molecule has 6 heteroatoms. The minimum Gasteiger partial charge on any atom is -0.381 e. The van der Waals surface area contributed by atoms with E-state index in [1.807, 2.05) is 24.9 Å². The fraction of sp³-hybridized carbons (Fsp3) is 0.571. The van der Waals surface area contributed by atoms with Crippen LogP contribution in [0.2, 0.25) is 0 Å². The van der Waals surface area contributed by atoms with Crippen molar-refractivity contribution >= 4 is 23.1 Å². The van der Waals surface area contributed by atoms with Crippen LogP contribution in [0.5, 0.6) is 0 Å². The number of hydrogen-bond acceptors (Lipinski definition) is 5. The summed E-state index contributed by atoms with van der Waals surface area (Å²) >= 11 is 3.51. The third kappa shape index (κ3) is 2.92. The molecule has 1 aliphatic heterocycles. The van der Waals surface area contributed by atoms with E-state index in [-0.39, 0.29) is 0 Å². The minimum absolute atomic E-state index is 0.359. The Balaban J connectivity index is 1.69. The zero-order valence-corrected chi connectivity index (χ0v) is 13.5. The van der Waals surface area contributed by atoms with Crippen molar-refractivity contribution in [1.82, 2.24) is 14.8 Å². The molecular weight excluding hydrogens is 290 g/mol. The molecule has 0 aliphatic carbocycles. The van der Waals surface area contributed by atoms with Crippen LogP contribution in [0, 0.1) is 5.41 Å². The molecule has 1 saturated heterocycles. The van der Waals surface area contributed by atoms with Crippen molar-refractivity contribution in [2.24, 2.45) is 12.5 Å². The van der Waals surface area contributed by atoms with Crippen LogP contribution in [-0.2, 0) is 11.8 Å². The predicted octanol–water partition coefficient (Wildman–Crippen LogP) is 3.45. The van der Waals surface area contributed by atoms with Gasteiger partial charge in [-0.25, -0.2) is 0 Å². The van der Waals surface area contributed by atoms with Gasteiger partial charge in [-0.05, 0) is 29.7 Å². The molecule has 2 aromatic heterocycles. The highest BCUT2D eigenvalue weighted by Gasteiger charge is 2.28. The molecule has 0 bridgehead atoms. The molecule has 4 nitrogen and oxygen atoms in total. The summed E-state index contributed by atoms with van der Waals surface area (Å²) in [6, 6.07) is 4.13. The molecule has 20 heavy (non-hydrogen) atoms. The van der Waals surface area contributed by atoms with Gasteiger partial charge in [-0.2, -0.15) is 0 Å². The van der Waals surface area contributed by atoms with Crippen molar-refractivity contribution in [1.29, 1.82) is 0 Å². The molecule has 1 aliphatic rings. The van der Waals surface area contributed by atoms with Crippen molar-refractivity contribution in [3.05, 3.63) is 17.5 Å². The van der Waals surface area contributed by atoms with Crippen molar-refractivity contribution in [3.63, 3.8) is 0 Å². The molecule has 3 rings (SSSR count). The monoisotopic (exact) mass is 309 g/mol. The van der Waals surface area contributed by atoms with Gasteiger partial charge in [-0.1, -0.05) is 24.8 Å². The maximum absolute atomic E-state index is 5.45. The van der Waals surface area contributed by atoms with Gasteiger partial charge in [-0.15, -0.1) is 21.5 Å². The molecule has 0 N–H and O–H groups in total. The molecule has 0 aromatic carbocycles. The molecular formula is C14H19N3OS2. The number of hydrogen-bond donors (Lipinski definition) is 0. The lowest BCUT2D eigenvalue weighted by atomic mass is 9.85. The normalized spacial score (nSPS) is 18.3. The van der Waals surface area contributed by atoms with Crippen molar-refractivity contribution in [2.75, 3.05) is 19.0 Å². The summed E-state index contributed by atoms with van der Waals surface area (Å²) < 4.78 is 7.55. The van der Waals surface area contributed by atoms with E-state index >= 15 is 0 Å². The maximum atomic E-state index is 5.45. The van der Waals surface area contributed by atoms with Crippen LogP contribution in [0.25, 0.3) is 10.7 Å². The Morgan fingerprint density at radius 3 is 2.90 bits per heavy atom. The standard InChI is InChI=1S/C14H19N3OS2/c1-14(5-7-18-8-6-14)10-20-13-16-15-12(17(13)2)11-4-3-9-19-11/h3-4,9H,5-8,10H2,1-2H3. The van der Waals surface area contributed by atoms with E-state index in [0.717, 1.165) is 42.8 Å². The summed E-state index contributed by atoms with van der Waals surface area (Å²) in [5, 5.41) is 11.7. The van der Waals surface area contributed by atoms with Crippen LogP contribution in [0.4, 0.5) is 0 Å². The maximum Gasteiger partial charge on any atom is 0.191 e. The highest BCUT2D eigenvalue weighted by atomic mass is 32.2. The lowest BCUT2D eigenvalue weighted by Crippen LogP contribution is -2.28. The van der Waals surface area contributed by atoms with Crippen LogP contribution >= 0.6 is 23.1 Å². The van der Waals surface area contributed by atoms with E-state index in [0.29, 0.717) is 5.41 Å². The Morgan fingerprint density at radius 1 is 1.40 bits per heavy atom. The van der Waals surface area contributed by atoms with E-state index in [1.165, 1.54) is 4.88 Å². The predicted molar refractivity (Wildman–Crippen MR) is 83.2 cm³/mol. The molecule has 0 unspecified atom stereocenters. The van der Waals surface area contributed by atoms with Gasteiger partial charge in [0.25, 0.3) is 0 Å². The van der Waals surface area contributed by atoms with Gasteiger partial charge in [0.05, 0.1) is 4.88 Å².